The molecule has 0 spiro atoms. The quantitative estimate of drug-likeness (QED) is 0.472. The number of Topliss-reactive ketones (excluding diaryl/α,β-unsaturated/α-hetero) is 1. The van der Waals surface area contributed by atoms with Gasteiger partial charge < -0.3 is 9.15 Å². The molecule has 0 atom stereocenters. The molecule has 0 amide bonds. The van der Waals surface area contributed by atoms with Gasteiger partial charge in [0.05, 0.1) is 0 Å². The van der Waals surface area contributed by atoms with Crippen LogP contribution in [-0.2, 0) is 0 Å². The van der Waals surface area contributed by atoms with Crippen molar-refractivity contribution in [3.63, 3.8) is 0 Å². The molecule has 4 rings (SSSR count). The van der Waals surface area contributed by atoms with Gasteiger partial charge in [-0.15, -0.1) is 21.5 Å². The summed E-state index contributed by atoms with van der Waals surface area (Å²) in [5.74, 6) is 0.958. The van der Waals surface area contributed by atoms with Gasteiger partial charge in [-0.2, -0.15) is 0 Å². The summed E-state index contributed by atoms with van der Waals surface area (Å²) in [6, 6.07) is 9.03. The van der Waals surface area contributed by atoms with E-state index in [1.165, 1.54) is 17.7 Å². The number of hydrogen-bond acceptors (Lipinski definition) is 7. The van der Waals surface area contributed by atoms with Gasteiger partial charge >= 0.3 is 0 Å². The zero-order valence-electron chi connectivity index (χ0n) is 14.7. The molecule has 0 saturated carbocycles. The van der Waals surface area contributed by atoms with E-state index in [2.05, 4.69) is 15.2 Å². The summed E-state index contributed by atoms with van der Waals surface area (Å²) in [4.78, 5) is 17.0. The van der Waals surface area contributed by atoms with Gasteiger partial charge in [-0.05, 0) is 44.2 Å². The first-order chi connectivity index (χ1) is 13.1. The van der Waals surface area contributed by atoms with Crippen molar-refractivity contribution < 1.29 is 13.9 Å². The molecular formula is C19H16N4O3S. The highest BCUT2D eigenvalue weighted by Gasteiger charge is 2.18. The number of carbonyl (C=O) groups excluding carboxylic acids is 1. The summed E-state index contributed by atoms with van der Waals surface area (Å²) in [6.07, 6.45) is 3.03. The number of thiazole rings is 1. The van der Waals surface area contributed by atoms with Crippen LogP contribution in [0.5, 0.6) is 5.75 Å². The zero-order chi connectivity index (χ0) is 18.8. The van der Waals surface area contributed by atoms with Gasteiger partial charge in [-0.25, -0.2) is 4.98 Å². The smallest absolute Gasteiger partial charge is 0.247 e. The van der Waals surface area contributed by atoms with Crippen molar-refractivity contribution in [2.75, 3.05) is 6.61 Å². The highest BCUT2D eigenvalue weighted by Crippen LogP contribution is 2.24. The Morgan fingerprint density at radius 1 is 1.26 bits per heavy atom. The van der Waals surface area contributed by atoms with Crippen LogP contribution in [0.25, 0.3) is 16.6 Å². The van der Waals surface area contributed by atoms with Gasteiger partial charge in [0.2, 0.25) is 18.1 Å². The lowest BCUT2D eigenvalue weighted by Gasteiger charge is -2.07. The molecule has 0 aliphatic heterocycles. The molecule has 0 unspecified atom stereocenters. The predicted octanol–water partition coefficient (Wildman–Crippen LogP) is 3.86. The topological polar surface area (TPSA) is 83.0 Å². The highest BCUT2D eigenvalue weighted by molar-refractivity contribution is 7.12. The number of carbonyl (C=O) groups is 1. The van der Waals surface area contributed by atoms with E-state index in [1.54, 1.807) is 18.3 Å². The van der Waals surface area contributed by atoms with Gasteiger partial charge in [-0.1, -0.05) is 0 Å². The second-order valence-corrected chi connectivity index (χ2v) is 6.79. The zero-order valence-corrected chi connectivity index (χ0v) is 15.6. The van der Waals surface area contributed by atoms with Crippen molar-refractivity contribution in [1.82, 2.24) is 19.7 Å². The number of ether oxygens (including phenoxy) is 1. The van der Waals surface area contributed by atoms with E-state index in [9.17, 15) is 4.79 Å². The fourth-order valence-electron chi connectivity index (χ4n) is 2.89. The molecule has 3 heterocycles. The summed E-state index contributed by atoms with van der Waals surface area (Å²) in [5.41, 5.74) is 3.26. The van der Waals surface area contributed by atoms with Crippen LogP contribution in [0, 0.1) is 13.8 Å². The molecule has 0 aliphatic carbocycles. The third kappa shape index (κ3) is 3.39. The summed E-state index contributed by atoms with van der Waals surface area (Å²) < 4.78 is 12.8. The van der Waals surface area contributed by atoms with Crippen LogP contribution >= 0.6 is 11.3 Å². The van der Waals surface area contributed by atoms with Gasteiger partial charge in [0.15, 0.2) is 11.7 Å². The largest absolute Gasteiger partial charge is 0.485 e. The van der Waals surface area contributed by atoms with Crippen molar-refractivity contribution in [2.24, 2.45) is 0 Å². The molecule has 0 aliphatic rings. The predicted molar refractivity (Wildman–Crippen MR) is 100 cm³/mol. The second-order valence-electron chi connectivity index (χ2n) is 5.92. The molecular weight excluding hydrogens is 364 g/mol. The molecule has 0 saturated heterocycles. The molecule has 1 aromatic carbocycles. The molecule has 0 N–H and O–H groups in total. The van der Waals surface area contributed by atoms with Crippen molar-refractivity contribution in [3.8, 4) is 22.3 Å². The fourth-order valence-corrected chi connectivity index (χ4v) is 3.64. The number of rotatable bonds is 6. The maximum Gasteiger partial charge on any atom is 0.247 e. The number of hydrogen-bond donors (Lipinski definition) is 0. The van der Waals surface area contributed by atoms with E-state index >= 15 is 0 Å². The molecule has 8 heteroatoms. The van der Waals surface area contributed by atoms with Crippen LogP contribution in [-0.4, -0.2) is 32.1 Å². The Bertz CT molecular complexity index is 1050. The van der Waals surface area contributed by atoms with Gasteiger partial charge in [0.25, 0.3) is 0 Å². The number of ketones is 1. The summed E-state index contributed by atoms with van der Waals surface area (Å²) in [6.45, 7) is 3.84. The highest BCUT2D eigenvalue weighted by atomic mass is 32.1. The van der Waals surface area contributed by atoms with Crippen LogP contribution in [0.3, 0.4) is 0 Å². The van der Waals surface area contributed by atoms with E-state index in [4.69, 9.17) is 9.15 Å². The molecule has 0 fully saturated rings. The molecule has 0 radical (unpaired) electrons. The summed E-state index contributed by atoms with van der Waals surface area (Å²) in [7, 11) is 0. The molecule has 3 aromatic heterocycles. The van der Waals surface area contributed by atoms with Crippen LogP contribution in [0.2, 0.25) is 0 Å². The third-order valence-electron chi connectivity index (χ3n) is 4.17. The minimum atomic E-state index is -0.0770. The van der Waals surface area contributed by atoms with Crippen LogP contribution < -0.4 is 4.74 Å². The average molecular weight is 380 g/mol. The average Bonchev–Trinajstić information content (AvgIpc) is 3.42. The minimum absolute atomic E-state index is 0.0396. The number of benzene rings is 1. The van der Waals surface area contributed by atoms with Crippen molar-refractivity contribution in [3.05, 3.63) is 65.3 Å². The van der Waals surface area contributed by atoms with Crippen LogP contribution in [0.15, 0.2) is 52.7 Å². The minimum Gasteiger partial charge on any atom is -0.485 e. The SMILES string of the molecule is Cc1cc(C(=O)COc2ccc(-c3nnco3)cc2)c(C)n1-c1nccs1. The summed E-state index contributed by atoms with van der Waals surface area (Å²) >= 11 is 1.53. The molecule has 136 valence electrons. The fraction of sp³-hybridized carbons (Fsp3) is 0.158. The molecule has 27 heavy (non-hydrogen) atoms. The first-order valence-corrected chi connectivity index (χ1v) is 9.13. The lowest BCUT2D eigenvalue weighted by atomic mass is 10.1. The van der Waals surface area contributed by atoms with Crippen molar-refractivity contribution in [1.29, 1.82) is 0 Å². The number of aromatic nitrogens is 4. The number of nitrogens with zero attached hydrogens (tertiary/aromatic N) is 4. The van der Waals surface area contributed by atoms with Crippen LogP contribution in [0.1, 0.15) is 21.7 Å². The molecule has 7 nitrogen and oxygen atoms in total. The Hall–Kier alpha value is -3.26. The Balaban J connectivity index is 1.46. The lowest BCUT2D eigenvalue weighted by Crippen LogP contribution is -2.12. The van der Waals surface area contributed by atoms with Gasteiger partial charge in [0, 0.05) is 34.1 Å². The Labute approximate surface area is 159 Å². The maximum absolute atomic E-state index is 12.6. The monoisotopic (exact) mass is 380 g/mol. The summed E-state index contributed by atoms with van der Waals surface area (Å²) in [5, 5.41) is 10.3. The van der Waals surface area contributed by atoms with E-state index in [1.807, 2.05) is 42.0 Å². The van der Waals surface area contributed by atoms with E-state index < -0.39 is 0 Å². The normalized spacial score (nSPS) is 10.9. The van der Waals surface area contributed by atoms with Gasteiger partial charge in [0.1, 0.15) is 5.75 Å². The third-order valence-corrected chi connectivity index (χ3v) is 4.93. The Kier molecular flexibility index (Phi) is 4.55. The van der Waals surface area contributed by atoms with E-state index in [-0.39, 0.29) is 12.4 Å². The van der Waals surface area contributed by atoms with Crippen molar-refractivity contribution in [2.45, 2.75) is 13.8 Å². The number of aryl methyl sites for hydroxylation is 1. The van der Waals surface area contributed by atoms with Crippen LogP contribution in [0.4, 0.5) is 0 Å². The van der Waals surface area contributed by atoms with Gasteiger partial charge in [-0.3, -0.25) is 9.36 Å². The molecule has 0 bridgehead atoms. The van der Waals surface area contributed by atoms with E-state index in [0.29, 0.717) is 17.2 Å². The standard InChI is InChI=1S/C19H16N4O3S/c1-12-9-16(13(2)23(12)19-20-7-8-27-19)17(24)10-25-15-5-3-14(4-6-15)18-22-21-11-26-18/h3-9,11H,10H2,1-2H3. The Morgan fingerprint density at radius 3 is 2.74 bits per heavy atom. The van der Waals surface area contributed by atoms with E-state index in [0.717, 1.165) is 22.1 Å². The molecule has 4 aromatic rings. The second kappa shape index (κ2) is 7.16. The maximum atomic E-state index is 12.6. The first-order valence-electron chi connectivity index (χ1n) is 8.25. The Morgan fingerprint density at radius 2 is 2.07 bits per heavy atom. The van der Waals surface area contributed by atoms with Crippen molar-refractivity contribution >= 4 is 17.1 Å². The lowest BCUT2D eigenvalue weighted by molar-refractivity contribution is 0.0921. The first kappa shape index (κ1) is 17.2.